The van der Waals surface area contributed by atoms with E-state index in [1.807, 2.05) is 38.1 Å². The lowest BCUT2D eigenvalue weighted by Gasteiger charge is -2.15. The molecule has 0 saturated carbocycles. The van der Waals surface area contributed by atoms with Crippen molar-refractivity contribution < 1.29 is 9.47 Å². The van der Waals surface area contributed by atoms with Gasteiger partial charge >= 0.3 is 0 Å². The zero-order chi connectivity index (χ0) is 16.5. The number of para-hydroxylation sites is 1. The minimum absolute atomic E-state index is 0.281. The van der Waals surface area contributed by atoms with E-state index in [0.29, 0.717) is 6.61 Å². The standard InChI is InChI=1S/C21H24O2/c1-4-8-18-11-13-19(14-12-18)15-16-20-9-6-7-10-21(20)23-17(3)22-5-2/h6-7,9-14,17H,4-5,8H2,1-3H3. The van der Waals surface area contributed by atoms with Gasteiger partial charge in [-0.05, 0) is 50.1 Å². The van der Waals surface area contributed by atoms with Crippen molar-refractivity contribution in [2.75, 3.05) is 6.61 Å². The van der Waals surface area contributed by atoms with Crippen LogP contribution in [0.3, 0.4) is 0 Å². The fourth-order valence-corrected chi connectivity index (χ4v) is 2.30. The van der Waals surface area contributed by atoms with E-state index >= 15 is 0 Å². The fraction of sp³-hybridized carbons (Fsp3) is 0.333. The SMILES string of the molecule is CCCc1ccc(C#Cc2ccccc2OC(C)OCC)cc1. The van der Waals surface area contributed by atoms with Gasteiger partial charge in [0, 0.05) is 12.2 Å². The fourth-order valence-electron chi connectivity index (χ4n) is 2.30. The molecule has 0 aliphatic carbocycles. The topological polar surface area (TPSA) is 18.5 Å². The molecule has 2 rings (SSSR count). The predicted octanol–water partition coefficient (Wildman–Crippen LogP) is 4.80. The van der Waals surface area contributed by atoms with Gasteiger partial charge in [-0.15, -0.1) is 0 Å². The van der Waals surface area contributed by atoms with Crippen molar-refractivity contribution in [2.24, 2.45) is 0 Å². The van der Waals surface area contributed by atoms with Crippen LogP contribution in [0.2, 0.25) is 0 Å². The van der Waals surface area contributed by atoms with Crippen LogP contribution in [0.4, 0.5) is 0 Å². The average molecular weight is 308 g/mol. The maximum Gasteiger partial charge on any atom is 0.197 e. The highest BCUT2D eigenvalue weighted by atomic mass is 16.7. The third-order valence-electron chi connectivity index (χ3n) is 3.42. The van der Waals surface area contributed by atoms with Gasteiger partial charge in [-0.1, -0.05) is 49.5 Å². The lowest BCUT2D eigenvalue weighted by atomic mass is 10.1. The highest BCUT2D eigenvalue weighted by molar-refractivity contribution is 5.49. The van der Waals surface area contributed by atoms with Crippen LogP contribution in [0.15, 0.2) is 48.5 Å². The molecule has 1 unspecified atom stereocenters. The maximum atomic E-state index is 5.80. The monoisotopic (exact) mass is 308 g/mol. The second kappa shape index (κ2) is 9.02. The van der Waals surface area contributed by atoms with Crippen molar-refractivity contribution in [3.63, 3.8) is 0 Å². The Balaban J connectivity index is 2.14. The zero-order valence-electron chi connectivity index (χ0n) is 14.1. The average Bonchev–Trinajstić information content (AvgIpc) is 2.56. The highest BCUT2D eigenvalue weighted by Gasteiger charge is 2.06. The summed E-state index contributed by atoms with van der Waals surface area (Å²) >= 11 is 0. The largest absolute Gasteiger partial charge is 0.464 e. The molecule has 23 heavy (non-hydrogen) atoms. The van der Waals surface area contributed by atoms with Gasteiger partial charge in [0.05, 0.1) is 5.56 Å². The zero-order valence-corrected chi connectivity index (χ0v) is 14.1. The van der Waals surface area contributed by atoms with Gasteiger partial charge in [-0.25, -0.2) is 0 Å². The Morgan fingerprint density at radius 1 is 0.957 bits per heavy atom. The minimum atomic E-state index is -0.281. The van der Waals surface area contributed by atoms with Gasteiger partial charge in [0.1, 0.15) is 5.75 Å². The highest BCUT2D eigenvalue weighted by Crippen LogP contribution is 2.19. The third-order valence-corrected chi connectivity index (χ3v) is 3.42. The van der Waals surface area contributed by atoms with E-state index in [4.69, 9.17) is 9.47 Å². The van der Waals surface area contributed by atoms with Crippen molar-refractivity contribution >= 4 is 0 Å². The molecule has 0 aliphatic rings. The van der Waals surface area contributed by atoms with Crippen LogP contribution >= 0.6 is 0 Å². The summed E-state index contributed by atoms with van der Waals surface area (Å²) in [6.07, 6.45) is 1.99. The smallest absolute Gasteiger partial charge is 0.197 e. The van der Waals surface area contributed by atoms with Crippen molar-refractivity contribution in [3.8, 4) is 17.6 Å². The second-order valence-corrected chi connectivity index (χ2v) is 5.33. The lowest BCUT2D eigenvalue weighted by molar-refractivity contribution is -0.0614. The molecule has 2 heteroatoms. The number of ether oxygens (including phenoxy) is 2. The van der Waals surface area contributed by atoms with Crippen LogP contribution in [-0.2, 0) is 11.2 Å². The molecule has 0 bridgehead atoms. The molecule has 0 fully saturated rings. The van der Waals surface area contributed by atoms with E-state index < -0.39 is 0 Å². The van der Waals surface area contributed by atoms with Crippen LogP contribution < -0.4 is 4.74 Å². The first-order valence-electron chi connectivity index (χ1n) is 8.21. The first-order valence-corrected chi connectivity index (χ1v) is 8.21. The van der Waals surface area contributed by atoms with E-state index in [0.717, 1.165) is 29.7 Å². The first kappa shape index (κ1) is 17.1. The number of hydrogen-bond acceptors (Lipinski definition) is 2. The molecule has 2 nitrogen and oxygen atoms in total. The van der Waals surface area contributed by atoms with E-state index in [-0.39, 0.29) is 6.29 Å². The molecule has 0 spiro atoms. The molecule has 2 aromatic rings. The minimum Gasteiger partial charge on any atom is -0.464 e. The Morgan fingerprint density at radius 3 is 2.39 bits per heavy atom. The summed E-state index contributed by atoms with van der Waals surface area (Å²) in [6.45, 7) is 6.65. The van der Waals surface area contributed by atoms with Gasteiger partial charge in [0.15, 0.2) is 6.29 Å². The van der Waals surface area contributed by atoms with Gasteiger partial charge in [-0.3, -0.25) is 0 Å². The van der Waals surface area contributed by atoms with Crippen LogP contribution in [0.1, 0.15) is 43.9 Å². The van der Waals surface area contributed by atoms with Crippen molar-refractivity contribution in [3.05, 3.63) is 65.2 Å². The molecule has 2 aromatic carbocycles. The molecular formula is C21H24O2. The predicted molar refractivity (Wildman–Crippen MR) is 94.6 cm³/mol. The molecule has 0 aromatic heterocycles. The number of rotatable bonds is 6. The molecule has 120 valence electrons. The Hall–Kier alpha value is -2.24. The van der Waals surface area contributed by atoms with E-state index in [1.165, 1.54) is 5.56 Å². The van der Waals surface area contributed by atoms with Crippen molar-refractivity contribution in [1.29, 1.82) is 0 Å². The molecule has 0 amide bonds. The van der Waals surface area contributed by atoms with E-state index in [9.17, 15) is 0 Å². The second-order valence-electron chi connectivity index (χ2n) is 5.33. The number of aryl methyl sites for hydroxylation is 1. The summed E-state index contributed by atoms with van der Waals surface area (Å²) in [7, 11) is 0. The van der Waals surface area contributed by atoms with Crippen molar-refractivity contribution in [1.82, 2.24) is 0 Å². The summed E-state index contributed by atoms with van der Waals surface area (Å²) in [6, 6.07) is 16.2. The summed E-state index contributed by atoms with van der Waals surface area (Å²) in [5.41, 5.74) is 3.24. The lowest BCUT2D eigenvalue weighted by Crippen LogP contribution is -2.16. The quantitative estimate of drug-likeness (QED) is 0.564. The molecule has 1 atom stereocenters. The van der Waals surface area contributed by atoms with Gasteiger partial charge < -0.3 is 9.47 Å². The van der Waals surface area contributed by atoms with Crippen LogP contribution in [0.5, 0.6) is 5.75 Å². The molecule has 0 saturated heterocycles. The van der Waals surface area contributed by atoms with E-state index in [2.05, 4.69) is 43.0 Å². The summed E-state index contributed by atoms with van der Waals surface area (Å²) in [5.74, 6) is 7.16. The summed E-state index contributed by atoms with van der Waals surface area (Å²) in [4.78, 5) is 0. The molecule has 0 N–H and O–H groups in total. The van der Waals surface area contributed by atoms with Gasteiger partial charge in [0.25, 0.3) is 0 Å². The van der Waals surface area contributed by atoms with Gasteiger partial charge in [-0.2, -0.15) is 0 Å². The Morgan fingerprint density at radius 2 is 1.70 bits per heavy atom. The van der Waals surface area contributed by atoms with Crippen LogP contribution in [0, 0.1) is 11.8 Å². The first-order chi connectivity index (χ1) is 11.2. The number of hydrogen-bond donors (Lipinski definition) is 0. The molecule has 0 aliphatic heterocycles. The van der Waals surface area contributed by atoms with E-state index in [1.54, 1.807) is 0 Å². The summed E-state index contributed by atoms with van der Waals surface area (Å²) < 4.78 is 11.2. The molecular weight excluding hydrogens is 284 g/mol. The third kappa shape index (κ3) is 5.47. The van der Waals surface area contributed by atoms with Crippen LogP contribution in [-0.4, -0.2) is 12.9 Å². The molecule has 0 radical (unpaired) electrons. The normalized spacial score (nSPS) is 11.4. The van der Waals surface area contributed by atoms with Crippen molar-refractivity contribution in [2.45, 2.75) is 39.9 Å². The Kier molecular flexibility index (Phi) is 6.72. The Bertz CT molecular complexity index is 662. The van der Waals surface area contributed by atoms with Gasteiger partial charge in [0.2, 0.25) is 0 Å². The summed E-state index contributed by atoms with van der Waals surface area (Å²) in [5, 5.41) is 0. The Labute approximate surface area is 139 Å². The van der Waals surface area contributed by atoms with Crippen LogP contribution in [0.25, 0.3) is 0 Å². The maximum absolute atomic E-state index is 5.80. The molecule has 0 heterocycles. The number of benzene rings is 2.